The lowest BCUT2D eigenvalue weighted by molar-refractivity contribution is -0.129. The number of aliphatic hydroxyl groups excluding tert-OH is 1. The van der Waals surface area contributed by atoms with Crippen LogP contribution in [0.5, 0.6) is 11.5 Å². The maximum Gasteiger partial charge on any atom is 0.290 e. The highest BCUT2D eigenvalue weighted by atomic mass is 16.5. The highest BCUT2D eigenvalue weighted by Gasteiger charge is 2.41. The smallest absolute Gasteiger partial charge is 0.290 e. The number of hydrogen-bond acceptors (Lipinski definition) is 5. The standard InChI is InChI=1S/C23H25NO5/c1-14-5-8-17(9-6-14)21-20(15(2)25)22(26)23(27)24(21)12-11-16-7-10-18(28-3)19(13-16)29-4/h5-10,13,21,26H,11-12H2,1-4H3/t21-/m0/s1. The summed E-state index contributed by atoms with van der Waals surface area (Å²) in [6.07, 6.45) is 0.535. The molecular weight excluding hydrogens is 370 g/mol. The van der Waals surface area contributed by atoms with Crippen LogP contribution in [0.4, 0.5) is 0 Å². The minimum absolute atomic E-state index is 0.145. The van der Waals surface area contributed by atoms with Crippen LogP contribution in [-0.4, -0.2) is 42.5 Å². The van der Waals surface area contributed by atoms with Crippen LogP contribution in [0.2, 0.25) is 0 Å². The van der Waals surface area contributed by atoms with E-state index in [9.17, 15) is 14.7 Å². The minimum Gasteiger partial charge on any atom is -0.503 e. The maximum absolute atomic E-state index is 12.7. The molecule has 1 aliphatic rings. The van der Waals surface area contributed by atoms with Gasteiger partial charge in [-0.25, -0.2) is 0 Å². The third-order valence-electron chi connectivity index (χ3n) is 5.17. The van der Waals surface area contributed by atoms with Gasteiger partial charge in [-0.15, -0.1) is 0 Å². The molecule has 2 aromatic rings. The summed E-state index contributed by atoms with van der Waals surface area (Å²) < 4.78 is 10.6. The number of hydrogen-bond donors (Lipinski definition) is 1. The summed E-state index contributed by atoms with van der Waals surface area (Å²) in [5.41, 5.74) is 2.97. The Kier molecular flexibility index (Phi) is 5.92. The van der Waals surface area contributed by atoms with E-state index < -0.39 is 17.7 Å². The highest BCUT2D eigenvalue weighted by Crippen LogP contribution is 2.38. The van der Waals surface area contributed by atoms with Crippen molar-refractivity contribution >= 4 is 11.7 Å². The molecule has 0 saturated heterocycles. The summed E-state index contributed by atoms with van der Waals surface area (Å²) in [4.78, 5) is 26.5. The molecule has 0 unspecified atom stereocenters. The summed E-state index contributed by atoms with van der Waals surface area (Å²) >= 11 is 0. The molecule has 0 aliphatic carbocycles. The molecule has 152 valence electrons. The second-order valence-corrected chi connectivity index (χ2v) is 7.07. The van der Waals surface area contributed by atoms with Crippen molar-refractivity contribution in [3.05, 3.63) is 70.5 Å². The summed E-state index contributed by atoms with van der Waals surface area (Å²) in [6, 6.07) is 12.6. The van der Waals surface area contributed by atoms with Gasteiger partial charge in [0.15, 0.2) is 23.0 Å². The summed E-state index contributed by atoms with van der Waals surface area (Å²) in [6.45, 7) is 3.68. The van der Waals surface area contributed by atoms with Crippen molar-refractivity contribution in [2.75, 3.05) is 20.8 Å². The van der Waals surface area contributed by atoms with E-state index in [2.05, 4.69) is 0 Å². The number of methoxy groups -OCH3 is 2. The molecule has 3 rings (SSSR count). The second kappa shape index (κ2) is 8.39. The Morgan fingerprint density at radius 2 is 1.72 bits per heavy atom. The number of aryl methyl sites for hydroxylation is 1. The fourth-order valence-corrected chi connectivity index (χ4v) is 3.62. The number of nitrogens with zero attached hydrogens (tertiary/aromatic N) is 1. The minimum atomic E-state index is -0.597. The molecule has 1 aliphatic heterocycles. The average molecular weight is 395 g/mol. The number of carbonyl (C=O) groups is 2. The van der Waals surface area contributed by atoms with E-state index in [-0.39, 0.29) is 11.4 Å². The van der Waals surface area contributed by atoms with Crippen LogP contribution in [0.3, 0.4) is 0 Å². The van der Waals surface area contributed by atoms with Crippen LogP contribution in [-0.2, 0) is 16.0 Å². The van der Waals surface area contributed by atoms with Crippen molar-refractivity contribution < 1.29 is 24.2 Å². The third-order valence-corrected chi connectivity index (χ3v) is 5.17. The number of benzene rings is 2. The first-order chi connectivity index (χ1) is 13.9. The lowest BCUT2D eigenvalue weighted by Gasteiger charge is -2.27. The molecule has 1 amide bonds. The number of ether oxygens (including phenoxy) is 2. The summed E-state index contributed by atoms with van der Waals surface area (Å²) in [5, 5.41) is 10.4. The van der Waals surface area contributed by atoms with E-state index in [1.165, 1.54) is 6.92 Å². The van der Waals surface area contributed by atoms with Gasteiger partial charge in [0.25, 0.3) is 5.91 Å². The van der Waals surface area contributed by atoms with Crippen LogP contribution in [0, 0.1) is 6.92 Å². The monoisotopic (exact) mass is 395 g/mol. The fraction of sp³-hybridized carbons (Fsp3) is 0.304. The first-order valence-electron chi connectivity index (χ1n) is 9.39. The number of carbonyl (C=O) groups excluding carboxylic acids is 2. The predicted molar refractivity (Wildman–Crippen MR) is 109 cm³/mol. The van der Waals surface area contributed by atoms with Crippen molar-refractivity contribution in [2.24, 2.45) is 0 Å². The zero-order valence-electron chi connectivity index (χ0n) is 17.1. The molecule has 29 heavy (non-hydrogen) atoms. The Labute approximate surface area is 170 Å². The summed E-state index contributed by atoms with van der Waals surface area (Å²) in [7, 11) is 3.14. The quantitative estimate of drug-likeness (QED) is 0.776. The SMILES string of the molecule is COc1ccc(CCN2C(=O)C(O)=C(C(C)=O)[C@@H]2c2ccc(C)cc2)cc1OC. The molecule has 0 radical (unpaired) electrons. The number of rotatable bonds is 7. The number of amides is 1. The largest absolute Gasteiger partial charge is 0.503 e. The Morgan fingerprint density at radius 3 is 2.31 bits per heavy atom. The van der Waals surface area contributed by atoms with Gasteiger partial charge in [-0.3, -0.25) is 9.59 Å². The van der Waals surface area contributed by atoms with Crippen LogP contribution in [0.1, 0.15) is 29.7 Å². The zero-order valence-corrected chi connectivity index (χ0v) is 17.1. The van der Waals surface area contributed by atoms with Crippen LogP contribution in [0.25, 0.3) is 0 Å². The second-order valence-electron chi connectivity index (χ2n) is 7.07. The van der Waals surface area contributed by atoms with Crippen molar-refractivity contribution in [1.82, 2.24) is 4.90 Å². The Hall–Kier alpha value is -3.28. The van der Waals surface area contributed by atoms with Gasteiger partial charge >= 0.3 is 0 Å². The van der Waals surface area contributed by atoms with E-state index >= 15 is 0 Å². The van der Waals surface area contributed by atoms with Gasteiger partial charge in [-0.1, -0.05) is 35.9 Å². The van der Waals surface area contributed by atoms with Gasteiger partial charge in [0.1, 0.15) is 0 Å². The lowest BCUT2D eigenvalue weighted by Crippen LogP contribution is -2.32. The van der Waals surface area contributed by atoms with E-state index in [1.54, 1.807) is 19.1 Å². The molecule has 6 heteroatoms. The topological polar surface area (TPSA) is 76.1 Å². The fourth-order valence-electron chi connectivity index (χ4n) is 3.62. The van der Waals surface area contributed by atoms with Gasteiger partial charge in [-0.05, 0) is 43.5 Å². The third kappa shape index (κ3) is 3.97. The molecule has 0 spiro atoms. The molecule has 0 bridgehead atoms. The predicted octanol–water partition coefficient (Wildman–Crippen LogP) is 3.54. The van der Waals surface area contributed by atoms with E-state index in [1.807, 2.05) is 49.4 Å². The van der Waals surface area contributed by atoms with Crippen molar-refractivity contribution in [2.45, 2.75) is 26.3 Å². The molecule has 0 fully saturated rings. The first-order valence-corrected chi connectivity index (χ1v) is 9.39. The molecule has 6 nitrogen and oxygen atoms in total. The van der Waals surface area contributed by atoms with Crippen LogP contribution in [0.15, 0.2) is 53.8 Å². The van der Waals surface area contributed by atoms with Crippen LogP contribution < -0.4 is 9.47 Å². The highest BCUT2D eigenvalue weighted by molar-refractivity contribution is 6.08. The first kappa shape index (κ1) is 20.5. The van der Waals surface area contributed by atoms with Crippen molar-refractivity contribution in [3.63, 3.8) is 0 Å². The van der Waals surface area contributed by atoms with Gasteiger partial charge in [0, 0.05) is 6.54 Å². The van der Waals surface area contributed by atoms with E-state index in [0.29, 0.717) is 24.5 Å². The van der Waals surface area contributed by atoms with E-state index in [4.69, 9.17) is 9.47 Å². The number of Topliss-reactive ketones (excluding diaryl/α,β-unsaturated/α-hetero) is 1. The normalized spacial score (nSPS) is 16.3. The molecule has 2 aromatic carbocycles. The average Bonchev–Trinajstić information content (AvgIpc) is 2.97. The maximum atomic E-state index is 12.7. The van der Waals surface area contributed by atoms with E-state index in [0.717, 1.165) is 16.7 Å². The van der Waals surface area contributed by atoms with Gasteiger partial charge in [-0.2, -0.15) is 0 Å². The van der Waals surface area contributed by atoms with Crippen molar-refractivity contribution in [1.29, 1.82) is 0 Å². The Bertz CT molecular complexity index is 962. The Balaban J connectivity index is 1.89. The molecule has 1 atom stereocenters. The summed E-state index contributed by atoms with van der Waals surface area (Å²) in [5.74, 6) is -0.0610. The van der Waals surface area contributed by atoms with Crippen molar-refractivity contribution in [3.8, 4) is 11.5 Å². The molecule has 0 aromatic heterocycles. The molecule has 0 saturated carbocycles. The Morgan fingerprint density at radius 1 is 1.07 bits per heavy atom. The lowest BCUT2D eigenvalue weighted by atomic mass is 9.96. The molecule has 1 N–H and O–H groups in total. The van der Waals surface area contributed by atoms with Gasteiger partial charge < -0.3 is 19.5 Å². The van der Waals surface area contributed by atoms with Gasteiger partial charge in [0.2, 0.25) is 0 Å². The van der Waals surface area contributed by atoms with Crippen LogP contribution >= 0.6 is 0 Å². The zero-order chi connectivity index (χ0) is 21.1. The van der Waals surface area contributed by atoms with Gasteiger partial charge in [0.05, 0.1) is 25.8 Å². The number of ketones is 1. The molecule has 1 heterocycles. The number of aliphatic hydroxyl groups is 1. The molecular formula is C23H25NO5.